The third-order valence-electron chi connectivity index (χ3n) is 5.45. The lowest BCUT2D eigenvalue weighted by Crippen LogP contribution is -2.46. The molecule has 1 aliphatic carbocycles. The lowest BCUT2D eigenvalue weighted by molar-refractivity contribution is 0.0786. The zero-order valence-electron chi connectivity index (χ0n) is 14.0. The van der Waals surface area contributed by atoms with Gasteiger partial charge in [0.1, 0.15) is 0 Å². The maximum atomic E-state index is 6.07. The van der Waals surface area contributed by atoms with E-state index in [2.05, 4.69) is 49.9 Å². The molecule has 2 N–H and O–H groups in total. The standard InChI is InChI=1S/C19H32N2/c1-4-16-10-11-17(13-20)19(12-16)21(5-2)14-18-9-7-6-8-15(18)3/h6-9,16-17,19H,4-5,10-14,20H2,1-3H3. The SMILES string of the molecule is CCC1CCC(CN)C(N(CC)Cc2ccccc2C)C1. The first kappa shape index (κ1) is 16.5. The van der Waals surface area contributed by atoms with Gasteiger partial charge in [0.05, 0.1) is 0 Å². The van der Waals surface area contributed by atoms with Crippen LogP contribution in [-0.4, -0.2) is 24.0 Å². The van der Waals surface area contributed by atoms with Crippen LogP contribution in [0.25, 0.3) is 0 Å². The van der Waals surface area contributed by atoms with Crippen molar-refractivity contribution in [2.75, 3.05) is 13.1 Å². The Balaban J connectivity index is 2.12. The number of aryl methyl sites for hydroxylation is 1. The second kappa shape index (κ2) is 7.95. The van der Waals surface area contributed by atoms with Crippen molar-refractivity contribution in [3.63, 3.8) is 0 Å². The minimum Gasteiger partial charge on any atom is -0.330 e. The Labute approximate surface area is 130 Å². The van der Waals surface area contributed by atoms with Crippen LogP contribution >= 0.6 is 0 Å². The third-order valence-corrected chi connectivity index (χ3v) is 5.45. The second-order valence-electron chi connectivity index (χ2n) is 6.64. The molecule has 0 radical (unpaired) electrons. The van der Waals surface area contributed by atoms with Gasteiger partial charge in [-0.15, -0.1) is 0 Å². The van der Waals surface area contributed by atoms with Gasteiger partial charge in [-0.25, -0.2) is 0 Å². The largest absolute Gasteiger partial charge is 0.330 e. The van der Waals surface area contributed by atoms with E-state index < -0.39 is 0 Å². The highest BCUT2D eigenvalue weighted by molar-refractivity contribution is 5.25. The fourth-order valence-corrected chi connectivity index (χ4v) is 3.86. The second-order valence-corrected chi connectivity index (χ2v) is 6.64. The molecular weight excluding hydrogens is 256 g/mol. The summed E-state index contributed by atoms with van der Waals surface area (Å²) < 4.78 is 0. The fraction of sp³-hybridized carbons (Fsp3) is 0.684. The number of benzene rings is 1. The van der Waals surface area contributed by atoms with Crippen molar-refractivity contribution < 1.29 is 0 Å². The summed E-state index contributed by atoms with van der Waals surface area (Å²) in [6.07, 6.45) is 5.33. The predicted octanol–water partition coefficient (Wildman–Crippen LogP) is 3.97. The summed E-state index contributed by atoms with van der Waals surface area (Å²) in [5.41, 5.74) is 8.94. The molecule has 2 nitrogen and oxygen atoms in total. The van der Waals surface area contributed by atoms with E-state index in [1.165, 1.54) is 36.8 Å². The van der Waals surface area contributed by atoms with Gasteiger partial charge < -0.3 is 5.73 Å². The molecule has 0 bridgehead atoms. The Morgan fingerprint density at radius 1 is 1.19 bits per heavy atom. The quantitative estimate of drug-likeness (QED) is 0.858. The van der Waals surface area contributed by atoms with Crippen molar-refractivity contribution in [3.05, 3.63) is 35.4 Å². The van der Waals surface area contributed by atoms with Crippen LogP contribution in [0.5, 0.6) is 0 Å². The summed E-state index contributed by atoms with van der Waals surface area (Å²) in [5, 5.41) is 0. The van der Waals surface area contributed by atoms with Crippen LogP contribution in [-0.2, 0) is 6.54 Å². The first-order valence-corrected chi connectivity index (χ1v) is 8.68. The number of hydrogen-bond donors (Lipinski definition) is 1. The molecule has 0 spiro atoms. The average molecular weight is 288 g/mol. The van der Waals surface area contributed by atoms with Crippen molar-refractivity contribution >= 4 is 0 Å². The Hall–Kier alpha value is -0.860. The lowest BCUT2D eigenvalue weighted by atomic mass is 9.76. The summed E-state index contributed by atoms with van der Waals surface area (Å²) in [6, 6.07) is 9.45. The van der Waals surface area contributed by atoms with Crippen molar-refractivity contribution in [1.29, 1.82) is 0 Å². The van der Waals surface area contributed by atoms with E-state index in [1.807, 2.05) is 0 Å². The fourth-order valence-electron chi connectivity index (χ4n) is 3.86. The molecule has 1 saturated carbocycles. The Kier molecular flexibility index (Phi) is 6.25. The molecule has 21 heavy (non-hydrogen) atoms. The highest BCUT2D eigenvalue weighted by Gasteiger charge is 2.32. The smallest absolute Gasteiger partial charge is 0.0239 e. The normalized spacial score (nSPS) is 26.2. The zero-order chi connectivity index (χ0) is 15.2. The van der Waals surface area contributed by atoms with E-state index in [0.717, 1.165) is 25.6 Å². The minimum atomic E-state index is 0.665. The number of nitrogens with zero attached hydrogens (tertiary/aromatic N) is 1. The van der Waals surface area contributed by atoms with Gasteiger partial charge in [0, 0.05) is 12.6 Å². The van der Waals surface area contributed by atoms with Gasteiger partial charge in [-0.1, -0.05) is 51.0 Å². The Morgan fingerprint density at radius 3 is 2.57 bits per heavy atom. The highest BCUT2D eigenvalue weighted by Crippen LogP contribution is 2.34. The van der Waals surface area contributed by atoms with Crippen LogP contribution in [0, 0.1) is 18.8 Å². The topological polar surface area (TPSA) is 29.3 Å². The maximum Gasteiger partial charge on any atom is 0.0239 e. The van der Waals surface area contributed by atoms with E-state index in [9.17, 15) is 0 Å². The van der Waals surface area contributed by atoms with Crippen LogP contribution in [0.1, 0.15) is 50.7 Å². The van der Waals surface area contributed by atoms with Gasteiger partial charge in [0.25, 0.3) is 0 Å². The van der Waals surface area contributed by atoms with Crippen molar-refractivity contribution in [1.82, 2.24) is 4.90 Å². The van der Waals surface area contributed by atoms with Crippen LogP contribution in [0.2, 0.25) is 0 Å². The van der Waals surface area contributed by atoms with Gasteiger partial charge in [-0.05, 0) is 55.8 Å². The molecular formula is C19H32N2. The van der Waals surface area contributed by atoms with Gasteiger partial charge in [-0.3, -0.25) is 4.90 Å². The van der Waals surface area contributed by atoms with Crippen molar-refractivity contribution in [3.8, 4) is 0 Å². The number of rotatable bonds is 6. The van der Waals surface area contributed by atoms with Crippen LogP contribution in [0.15, 0.2) is 24.3 Å². The summed E-state index contributed by atoms with van der Waals surface area (Å²) in [6.45, 7) is 9.88. The molecule has 0 saturated heterocycles. The average Bonchev–Trinajstić information content (AvgIpc) is 2.53. The van der Waals surface area contributed by atoms with Crippen LogP contribution in [0.3, 0.4) is 0 Å². The molecule has 2 heteroatoms. The maximum absolute atomic E-state index is 6.07. The lowest BCUT2D eigenvalue weighted by Gasteiger charge is -2.42. The first-order chi connectivity index (χ1) is 10.2. The predicted molar refractivity (Wildman–Crippen MR) is 91.2 cm³/mol. The first-order valence-electron chi connectivity index (χ1n) is 8.68. The van der Waals surface area contributed by atoms with Crippen LogP contribution < -0.4 is 5.73 Å². The summed E-state index contributed by atoms with van der Waals surface area (Å²) in [5.74, 6) is 1.57. The van der Waals surface area contributed by atoms with E-state index in [4.69, 9.17) is 5.73 Å². The summed E-state index contributed by atoms with van der Waals surface area (Å²) in [4.78, 5) is 2.67. The van der Waals surface area contributed by atoms with Crippen molar-refractivity contribution in [2.24, 2.45) is 17.6 Å². The zero-order valence-corrected chi connectivity index (χ0v) is 14.0. The minimum absolute atomic E-state index is 0.665. The number of hydrogen-bond acceptors (Lipinski definition) is 2. The van der Waals surface area contributed by atoms with E-state index >= 15 is 0 Å². The molecule has 118 valence electrons. The van der Waals surface area contributed by atoms with E-state index in [0.29, 0.717) is 12.0 Å². The molecule has 2 rings (SSSR count). The van der Waals surface area contributed by atoms with Gasteiger partial charge >= 0.3 is 0 Å². The summed E-state index contributed by atoms with van der Waals surface area (Å²) >= 11 is 0. The molecule has 1 fully saturated rings. The number of nitrogens with two attached hydrogens (primary N) is 1. The van der Waals surface area contributed by atoms with Gasteiger partial charge in [0.2, 0.25) is 0 Å². The van der Waals surface area contributed by atoms with Crippen molar-refractivity contribution in [2.45, 2.75) is 59.0 Å². The molecule has 0 aromatic heterocycles. The third kappa shape index (κ3) is 4.08. The van der Waals surface area contributed by atoms with E-state index in [1.54, 1.807) is 0 Å². The van der Waals surface area contributed by atoms with Gasteiger partial charge in [-0.2, -0.15) is 0 Å². The molecule has 1 aliphatic rings. The Bertz CT molecular complexity index is 429. The Morgan fingerprint density at radius 2 is 1.95 bits per heavy atom. The molecule has 3 atom stereocenters. The molecule has 1 aromatic carbocycles. The van der Waals surface area contributed by atoms with Crippen LogP contribution in [0.4, 0.5) is 0 Å². The molecule has 1 aromatic rings. The monoisotopic (exact) mass is 288 g/mol. The highest BCUT2D eigenvalue weighted by atomic mass is 15.2. The molecule has 3 unspecified atom stereocenters. The summed E-state index contributed by atoms with van der Waals surface area (Å²) in [7, 11) is 0. The van der Waals surface area contributed by atoms with Gasteiger partial charge in [0.15, 0.2) is 0 Å². The van der Waals surface area contributed by atoms with E-state index in [-0.39, 0.29) is 0 Å². The molecule has 0 heterocycles. The molecule has 0 amide bonds. The molecule has 0 aliphatic heterocycles.